The van der Waals surface area contributed by atoms with Crippen molar-refractivity contribution in [2.75, 3.05) is 6.61 Å². The van der Waals surface area contributed by atoms with Gasteiger partial charge in [0, 0.05) is 24.3 Å². The minimum Gasteiger partial charge on any atom is -0.447 e. The van der Waals surface area contributed by atoms with Crippen LogP contribution < -0.4 is 0 Å². The van der Waals surface area contributed by atoms with Crippen molar-refractivity contribution in [1.29, 1.82) is 0 Å². The third kappa shape index (κ3) is 5.03. The Morgan fingerprint density at radius 2 is 1.90 bits per heavy atom. The lowest BCUT2D eigenvalue weighted by atomic mass is 9.78. The van der Waals surface area contributed by atoms with E-state index in [1.165, 1.54) is 4.90 Å². The van der Waals surface area contributed by atoms with Crippen molar-refractivity contribution in [2.24, 2.45) is 5.92 Å². The number of hydrogen-bond acceptors (Lipinski definition) is 5. The molecule has 1 fully saturated rings. The van der Waals surface area contributed by atoms with E-state index < -0.39 is 12.0 Å². The number of carbonyl (C=O) groups excluding carboxylic acids is 2. The minimum absolute atomic E-state index is 0.183. The van der Waals surface area contributed by atoms with E-state index in [1.807, 2.05) is 74.8 Å². The fourth-order valence-corrected chi connectivity index (χ4v) is 5.94. The third-order valence-electron chi connectivity index (χ3n) is 7.90. The van der Waals surface area contributed by atoms with Crippen molar-refractivity contribution in [1.82, 2.24) is 19.9 Å². The Labute approximate surface area is 233 Å². The number of fused-ring (bicyclic) bond motifs is 1. The van der Waals surface area contributed by atoms with E-state index in [2.05, 4.69) is 28.5 Å². The highest BCUT2D eigenvalue weighted by Gasteiger charge is 2.42. The first-order valence-corrected chi connectivity index (χ1v) is 13.9. The fourth-order valence-electron chi connectivity index (χ4n) is 5.65. The summed E-state index contributed by atoms with van der Waals surface area (Å²) in [5, 5.41) is 8.75. The molecule has 0 spiro atoms. The van der Waals surface area contributed by atoms with Gasteiger partial charge in [-0.1, -0.05) is 66.7 Å². The molecule has 7 nitrogen and oxygen atoms in total. The molecule has 1 saturated heterocycles. The Kier molecular flexibility index (Phi) is 7.71. The van der Waals surface area contributed by atoms with E-state index in [0.29, 0.717) is 18.8 Å². The SMILES string of the molecule is CCn1nnc2c(C)c([C@@H](c3ccc(C)c(CCl)c3)[C@H](C)C(=O)N3C(=O)OCC3Cc3ccccc3)ccc21. The second kappa shape index (κ2) is 11.2. The van der Waals surface area contributed by atoms with Gasteiger partial charge in [-0.3, -0.25) is 4.79 Å². The van der Waals surface area contributed by atoms with Gasteiger partial charge in [-0.05, 0) is 66.6 Å². The average molecular weight is 545 g/mol. The molecule has 0 radical (unpaired) electrons. The first-order chi connectivity index (χ1) is 18.8. The predicted molar refractivity (Wildman–Crippen MR) is 152 cm³/mol. The van der Waals surface area contributed by atoms with Crippen LogP contribution in [0, 0.1) is 19.8 Å². The highest BCUT2D eigenvalue weighted by atomic mass is 35.5. The van der Waals surface area contributed by atoms with Crippen LogP contribution in [0.2, 0.25) is 0 Å². The first-order valence-electron chi connectivity index (χ1n) is 13.4. The van der Waals surface area contributed by atoms with E-state index in [1.54, 1.807) is 0 Å². The number of halogens is 1. The van der Waals surface area contributed by atoms with Gasteiger partial charge in [-0.2, -0.15) is 0 Å². The largest absolute Gasteiger partial charge is 0.447 e. The number of hydrogen-bond donors (Lipinski definition) is 0. The molecule has 1 unspecified atom stereocenters. The number of alkyl halides is 1. The molecule has 0 N–H and O–H groups in total. The smallest absolute Gasteiger partial charge is 0.416 e. The highest BCUT2D eigenvalue weighted by Crippen LogP contribution is 2.39. The topological polar surface area (TPSA) is 77.3 Å². The van der Waals surface area contributed by atoms with Gasteiger partial charge < -0.3 is 4.74 Å². The van der Waals surface area contributed by atoms with Gasteiger partial charge in [-0.25, -0.2) is 14.4 Å². The number of rotatable bonds is 8. The van der Waals surface area contributed by atoms with E-state index in [9.17, 15) is 9.59 Å². The van der Waals surface area contributed by atoms with Gasteiger partial charge in [0.25, 0.3) is 0 Å². The van der Waals surface area contributed by atoms with Crippen molar-refractivity contribution >= 4 is 34.6 Å². The maximum absolute atomic E-state index is 14.2. The van der Waals surface area contributed by atoms with E-state index >= 15 is 0 Å². The number of benzene rings is 3. The van der Waals surface area contributed by atoms with Crippen LogP contribution in [0.3, 0.4) is 0 Å². The summed E-state index contributed by atoms with van der Waals surface area (Å²) in [6.07, 6.45) is -0.0446. The molecule has 4 aromatic rings. The maximum atomic E-state index is 14.2. The Bertz CT molecular complexity index is 1520. The van der Waals surface area contributed by atoms with Crippen molar-refractivity contribution in [3.8, 4) is 0 Å². The summed E-state index contributed by atoms with van der Waals surface area (Å²) in [7, 11) is 0. The van der Waals surface area contributed by atoms with E-state index in [-0.39, 0.29) is 24.5 Å². The van der Waals surface area contributed by atoms with Crippen LogP contribution in [0.15, 0.2) is 60.7 Å². The van der Waals surface area contributed by atoms with Crippen LogP contribution in [0.25, 0.3) is 11.0 Å². The van der Waals surface area contributed by atoms with Gasteiger partial charge in [0.2, 0.25) is 5.91 Å². The molecule has 3 atom stereocenters. The fraction of sp³-hybridized carbons (Fsp3) is 0.355. The number of carbonyl (C=O) groups is 2. The van der Waals surface area contributed by atoms with Crippen molar-refractivity contribution in [3.05, 3.63) is 94.0 Å². The summed E-state index contributed by atoms with van der Waals surface area (Å²) in [5.41, 5.74) is 7.83. The van der Waals surface area contributed by atoms with Gasteiger partial charge >= 0.3 is 6.09 Å². The molecular weight excluding hydrogens is 512 g/mol. The predicted octanol–water partition coefficient (Wildman–Crippen LogP) is 6.16. The molecule has 0 aliphatic carbocycles. The van der Waals surface area contributed by atoms with Crippen LogP contribution in [-0.2, 0) is 28.4 Å². The van der Waals surface area contributed by atoms with E-state index in [0.717, 1.165) is 44.4 Å². The normalized spacial score (nSPS) is 16.9. The molecule has 39 heavy (non-hydrogen) atoms. The highest BCUT2D eigenvalue weighted by molar-refractivity contribution is 6.17. The molecule has 1 aromatic heterocycles. The first kappa shape index (κ1) is 26.9. The van der Waals surface area contributed by atoms with Crippen LogP contribution >= 0.6 is 11.6 Å². The lowest BCUT2D eigenvalue weighted by molar-refractivity contribution is -0.133. The van der Waals surface area contributed by atoms with Crippen LogP contribution in [-0.4, -0.2) is 44.5 Å². The molecule has 8 heteroatoms. The zero-order valence-electron chi connectivity index (χ0n) is 22.7. The number of cyclic esters (lactones) is 1. The van der Waals surface area contributed by atoms with Gasteiger partial charge in [0.15, 0.2) is 0 Å². The number of imide groups is 1. The summed E-state index contributed by atoms with van der Waals surface area (Å²) in [4.78, 5) is 28.4. The van der Waals surface area contributed by atoms with Crippen LogP contribution in [0.4, 0.5) is 4.79 Å². The van der Waals surface area contributed by atoms with Crippen LogP contribution in [0.5, 0.6) is 0 Å². The summed E-state index contributed by atoms with van der Waals surface area (Å²) in [6.45, 7) is 8.87. The number of ether oxygens (including phenoxy) is 1. The van der Waals surface area contributed by atoms with Crippen molar-refractivity contribution < 1.29 is 14.3 Å². The molecule has 2 amide bonds. The zero-order chi connectivity index (χ0) is 27.7. The molecule has 1 aliphatic heterocycles. The number of aromatic nitrogens is 3. The average Bonchev–Trinajstić information content (AvgIpc) is 3.54. The lowest BCUT2D eigenvalue weighted by Gasteiger charge is -2.30. The molecule has 3 aromatic carbocycles. The molecular formula is C31H33ClN4O3. The maximum Gasteiger partial charge on any atom is 0.416 e. The summed E-state index contributed by atoms with van der Waals surface area (Å²) < 4.78 is 7.25. The van der Waals surface area contributed by atoms with Gasteiger partial charge in [-0.15, -0.1) is 16.7 Å². The van der Waals surface area contributed by atoms with Crippen LogP contribution in [0.1, 0.15) is 53.1 Å². The minimum atomic E-state index is -0.588. The van der Waals surface area contributed by atoms with Crippen molar-refractivity contribution in [2.45, 2.75) is 58.5 Å². The van der Waals surface area contributed by atoms with Crippen molar-refractivity contribution in [3.63, 3.8) is 0 Å². The Morgan fingerprint density at radius 3 is 2.62 bits per heavy atom. The summed E-state index contributed by atoms with van der Waals surface area (Å²) in [6, 6.07) is 19.7. The second-order valence-electron chi connectivity index (χ2n) is 10.3. The van der Waals surface area contributed by atoms with Gasteiger partial charge in [0.05, 0.1) is 11.6 Å². The molecule has 0 saturated carbocycles. The molecule has 0 bridgehead atoms. The van der Waals surface area contributed by atoms with Gasteiger partial charge in [0.1, 0.15) is 12.1 Å². The number of aryl methyl sites for hydroxylation is 3. The second-order valence-corrected chi connectivity index (χ2v) is 10.5. The number of nitrogens with zero attached hydrogens (tertiary/aromatic N) is 4. The Hall–Kier alpha value is -3.71. The molecule has 202 valence electrons. The summed E-state index contributed by atoms with van der Waals surface area (Å²) in [5.74, 6) is -0.776. The number of amides is 2. The molecule has 5 rings (SSSR count). The third-order valence-corrected chi connectivity index (χ3v) is 8.18. The lowest BCUT2D eigenvalue weighted by Crippen LogP contribution is -2.44. The standard InChI is InChI=1S/C31H33ClN4O3/c1-5-35-27-14-13-26(20(3)29(27)33-34-35)28(23-12-11-19(2)24(16-23)17-32)21(4)30(37)36-25(18-39-31(36)38)15-22-9-7-6-8-10-22/h6-14,16,21,25,28H,5,15,17-18H2,1-4H3/t21-,25?,28+/m0/s1. The molecule has 2 heterocycles. The molecule has 1 aliphatic rings. The monoisotopic (exact) mass is 544 g/mol. The Balaban J connectivity index is 1.57. The summed E-state index contributed by atoms with van der Waals surface area (Å²) >= 11 is 6.29. The quantitative estimate of drug-likeness (QED) is 0.248. The Morgan fingerprint density at radius 1 is 1.13 bits per heavy atom. The van der Waals surface area contributed by atoms with E-state index in [4.69, 9.17) is 16.3 Å². The zero-order valence-corrected chi connectivity index (χ0v) is 23.5.